The van der Waals surface area contributed by atoms with E-state index in [0.717, 1.165) is 25.9 Å². The van der Waals surface area contributed by atoms with Gasteiger partial charge in [0.05, 0.1) is 0 Å². The van der Waals surface area contributed by atoms with Crippen molar-refractivity contribution in [2.24, 2.45) is 0 Å². The van der Waals surface area contributed by atoms with Crippen LogP contribution in [-0.2, 0) is 4.79 Å². The molecule has 1 unspecified atom stereocenters. The van der Waals surface area contributed by atoms with E-state index in [-0.39, 0.29) is 6.04 Å². The lowest BCUT2D eigenvalue weighted by molar-refractivity contribution is -0.142. The summed E-state index contributed by atoms with van der Waals surface area (Å²) in [6.45, 7) is 8.38. The van der Waals surface area contributed by atoms with Gasteiger partial charge < -0.3 is 5.11 Å². The number of rotatable bonds is 42. The lowest BCUT2D eigenvalue weighted by Gasteiger charge is -2.26. The molecule has 1 atom stereocenters. The van der Waals surface area contributed by atoms with E-state index < -0.39 is 5.97 Å². The van der Waals surface area contributed by atoms with E-state index in [1.54, 1.807) is 0 Å². The molecule has 0 aromatic rings. The molecule has 0 rings (SSSR count). The first kappa shape index (κ1) is 47.4. The molecule has 3 nitrogen and oxygen atoms in total. The Kier molecular flexibility index (Phi) is 40.4. The first-order valence-corrected chi connectivity index (χ1v) is 22.6. The van der Waals surface area contributed by atoms with Gasteiger partial charge >= 0.3 is 5.97 Å². The Balaban J connectivity index is 3.54. The predicted octanol–water partition coefficient (Wildman–Crippen LogP) is 15.6. The average Bonchev–Trinajstić information content (AvgIpc) is 3.09. The highest BCUT2D eigenvalue weighted by Crippen LogP contribution is 2.17. The van der Waals surface area contributed by atoms with Crippen LogP contribution in [0.3, 0.4) is 0 Å². The molecular formula is C45H91NO2. The van der Waals surface area contributed by atoms with E-state index in [4.69, 9.17) is 0 Å². The number of carboxylic acid groups (broad SMARTS) is 1. The fourth-order valence-electron chi connectivity index (χ4n) is 7.44. The summed E-state index contributed by atoms with van der Waals surface area (Å²) in [5, 5.41) is 9.63. The highest BCUT2D eigenvalue weighted by molar-refractivity contribution is 5.72. The van der Waals surface area contributed by atoms with Gasteiger partial charge in [-0.3, -0.25) is 9.69 Å². The van der Waals surface area contributed by atoms with Crippen LogP contribution in [0.1, 0.15) is 265 Å². The van der Waals surface area contributed by atoms with Gasteiger partial charge in [-0.2, -0.15) is 0 Å². The molecule has 1 N–H and O–H groups in total. The molecule has 0 aliphatic heterocycles. The Morgan fingerprint density at radius 3 is 0.688 bits per heavy atom. The average molecular weight is 678 g/mol. The topological polar surface area (TPSA) is 40.5 Å². The Labute approximate surface area is 304 Å². The lowest BCUT2D eigenvalue weighted by Crippen LogP contribution is -2.40. The zero-order valence-corrected chi connectivity index (χ0v) is 33.7. The Morgan fingerprint density at radius 2 is 0.521 bits per heavy atom. The van der Waals surface area contributed by atoms with Crippen molar-refractivity contribution in [3.05, 3.63) is 0 Å². The first-order chi connectivity index (χ1) is 23.6. The summed E-state index contributed by atoms with van der Waals surface area (Å²) in [5.41, 5.74) is 0. The summed E-state index contributed by atoms with van der Waals surface area (Å²) in [4.78, 5) is 13.9. The van der Waals surface area contributed by atoms with Gasteiger partial charge in [0.25, 0.3) is 0 Å². The van der Waals surface area contributed by atoms with Crippen LogP contribution in [0.25, 0.3) is 0 Å². The third-order valence-electron chi connectivity index (χ3n) is 11.0. The molecule has 0 radical (unpaired) electrons. The normalized spacial score (nSPS) is 12.3. The molecule has 0 aliphatic carbocycles. The van der Waals surface area contributed by atoms with Crippen LogP contribution < -0.4 is 0 Å². The van der Waals surface area contributed by atoms with E-state index >= 15 is 0 Å². The number of carbonyl (C=O) groups is 1. The zero-order chi connectivity index (χ0) is 35.0. The third kappa shape index (κ3) is 36.7. The monoisotopic (exact) mass is 678 g/mol. The maximum atomic E-state index is 11.7. The van der Waals surface area contributed by atoms with Crippen LogP contribution in [-0.4, -0.2) is 35.1 Å². The van der Waals surface area contributed by atoms with Gasteiger partial charge in [-0.25, -0.2) is 0 Å². The van der Waals surface area contributed by atoms with Crippen molar-refractivity contribution < 1.29 is 9.90 Å². The highest BCUT2D eigenvalue weighted by Gasteiger charge is 2.19. The molecule has 3 heteroatoms. The molecule has 0 saturated carbocycles. The summed E-state index contributed by atoms with van der Waals surface area (Å²) in [6.07, 6.45) is 53.1. The van der Waals surface area contributed by atoms with Crippen molar-refractivity contribution in [2.45, 2.75) is 271 Å². The minimum absolute atomic E-state index is 0.351. The van der Waals surface area contributed by atoms with Gasteiger partial charge in [0.2, 0.25) is 0 Å². The van der Waals surface area contributed by atoms with E-state index in [2.05, 4.69) is 18.7 Å². The summed E-state index contributed by atoms with van der Waals surface area (Å²) < 4.78 is 0. The van der Waals surface area contributed by atoms with Crippen LogP contribution in [0.4, 0.5) is 0 Å². The molecule has 0 amide bonds. The van der Waals surface area contributed by atoms with Gasteiger partial charge in [0, 0.05) is 0 Å². The predicted molar refractivity (Wildman–Crippen MR) is 215 cm³/mol. The van der Waals surface area contributed by atoms with E-state index in [0.29, 0.717) is 0 Å². The van der Waals surface area contributed by atoms with Crippen LogP contribution in [0.15, 0.2) is 0 Å². The summed E-state index contributed by atoms with van der Waals surface area (Å²) >= 11 is 0. The SMILES string of the molecule is CCCCCCCCCCCCCCCCCCCCCN(CCCCCCCCCCCCCCCCCCCCC)C(C)C(=O)O. The fourth-order valence-corrected chi connectivity index (χ4v) is 7.44. The summed E-state index contributed by atoms with van der Waals surface area (Å²) in [7, 11) is 0. The Morgan fingerprint density at radius 1 is 0.354 bits per heavy atom. The molecule has 48 heavy (non-hydrogen) atoms. The standard InChI is InChI=1S/C45H91NO2/c1-4-6-8-10-12-14-16-18-20-22-24-26-28-30-32-34-36-38-40-42-46(44(3)45(47)48)43-41-39-37-35-33-31-29-27-25-23-21-19-17-15-13-11-9-7-5-2/h44H,4-43H2,1-3H3,(H,47,48). The molecule has 0 saturated heterocycles. The second-order valence-corrected chi connectivity index (χ2v) is 15.8. The first-order valence-electron chi connectivity index (χ1n) is 22.6. The van der Waals surface area contributed by atoms with E-state index in [1.807, 2.05) is 6.92 Å². The van der Waals surface area contributed by atoms with Gasteiger partial charge in [0.1, 0.15) is 6.04 Å². The zero-order valence-electron chi connectivity index (χ0n) is 33.7. The quantitative estimate of drug-likeness (QED) is 0.0654. The minimum Gasteiger partial charge on any atom is -0.480 e. The number of nitrogens with zero attached hydrogens (tertiary/aromatic N) is 1. The Bertz CT molecular complexity index is 566. The second kappa shape index (κ2) is 40.9. The van der Waals surface area contributed by atoms with Crippen molar-refractivity contribution >= 4 is 5.97 Å². The van der Waals surface area contributed by atoms with E-state index in [1.165, 1.54) is 231 Å². The maximum Gasteiger partial charge on any atom is 0.320 e. The van der Waals surface area contributed by atoms with Crippen molar-refractivity contribution in [1.29, 1.82) is 0 Å². The molecular weight excluding hydrogens is 587 g/mol. The molecule has 0 aliphatic rings. The van der Waals surface area contributed by atoms with Crippen LogP contribution in [0.2, 0.25) is 0 Å². The number of unbranched alkanes of at least 4 members (excludes halogenated alkanes) is 36. The Hall–Kier alpha value is -0.570. The van der Waals surface area contributed by atoms with Crippen molar-refractivity contribution in [1.82, 2.24) is 4.90 Å². The van der Waals surface area contributed by atoms with Crippen LogP contribution in [0.5, 0.6) is 0 Å². The number of aliphatic carboxylic acids is 1. The van der Waals surface area contributed by atoms with Crippen LogP contribution in [0, 0.1) is 0 Å². The lowest BCUT2D eigenvalue weighted by atomic mass is 10.0. The highest BCUT2D eigenvalue weighted by atomic mass is 16.4. The molecule has 0 aromatic heterocycles. The molecule has 288 valence electrons. The summed E-state index contributed by atoms with van der Waals surface area (Å²) in [6, 6.07) is -0.351. The maximum absolute atomic E-state index is 11.7. The molecule has 0 fully saturated rings. The molecule has 0 aromatic carbocycles. The fraction of sp³-hybridized carbons (Fsp3) is 0.978. The number of hydrogen-bond acceptors (Lipinski definition) is 2. The number of carboxylic acids is 1. The van der Waals surface area contributed by atoms with Crippen molar-refractivity contribution in [3.8, 4) is 0 Å². The van der Waals surface area contributed by atoms with E-state index in [9.17, 15) is 9.90 Å². The minimum atomic E-state index is -0.661. The van der Waals surface area contributed by atoms with Crippen molar-refractivity contribution in [2.75, 3.05) is 13.1 Å². The smallest absolute Gasteiger partial charge is 0.320 e. The van der Waals surface area contributed by atoms with Crippen molar-refractivity contribution in [3.63, 3.8) is 0 Å². The van der Waals surface area contributed by atoms with Gasteiger partial charge in [-0.1, -0.05) is 245 Å². The molecule has 0 bridgehead atoms. The van der Waals surface area contributed by atoms with Gasteiger partial charge in [-0.15, -0.1) is 0 Å². The van der Waals surface area contributed by atoms with Gasteiger partial charge in [0.15, 0.2) is 0 Å². The van der Waals surface area contributed by atoms with Gasteiger partial charge in [-0.05, 0) is 32.9 Å². The second-order valence-electron chi connectivity index (χ2n) is 15.8. The molecule has 0 spiro atoms. The van der Waals surface area contributed by atoms with Crippen LogP contribution >= 0.6 is 0 Å². The largest absolute Gasteiger partial charge is 0.480 e. The summed E-state index contributed by atoms with van der Waals surface area (Å²) in [5.74, 6) is -0.661. The third-order valence-corrected chi connectivity index (χ3v) is 11.0. The molecule has 0 heterocycles. The number of hydrogen-bond donors (Lipinski definition) is 1.